The molecular weight excluding hydrogens is 179 g/mol. The van der Waals surface area contributed by atoms with Gasteiger partial charge in [-0.1, -0.05) is 6.08 Å². The molecular formula is C9H16F3N. The van der Waals surface area contributed by atoms with E-state index in [1.165, 1.54) is 0 Å². The van der Waals surface area contributed by atoms with Gasteiger partial charge in [0.25, 0.3) is 0 Å². The molecule has 0 aliphatic heterocycles. The van der Waals surface area contributed by atoms with Crippen LogP contribution in [-0.4, -0.2) is 19.3 Å². The molecule has 1 unspecified atom stereocenters. The third-order valence-corrected chi connectivity index (χ3v) is 1.90. The highest BCUT2D eigenvalue weighted by atomic mass is 19.4. The number of hydrogen-bond donors (Lipinski definition) is 1. The summed E-state index contributed by atoms with van der Waals surface area (Å²) in [5, 5.41) is 2.86. The summed E-state index contributed by atoms with van der Waals surface area (Å²) < 4.78 is 35.5. The van der Waals surface area contributed by atoms with Gasteiger partial charge in [-0.2, -0.15) is 13.2 Å². The summed E-state index contributed by atoms with van der Waals surface area (Å²) in [7, 11) is 1.68. The Bertz CT molecular complexity index is 142. The fraction of sp³-hybridized carbons (Fsp3) is 0.778. The summed E-state index contributed by atoms with van der Waals surface area (Å²) in [6, 6.07) is -0.0559. The molecule has 0 fully saturated rings. The van der Waals surface area contributed by atoms with Crippen molar-refractivity contribution < 1.29 is 13.2 Å². The van der Waals surface area contributed by atoms with Crippen LogP contribution in [0.3, 0.4) is 0 Å². The number of nitrogens with one attached hydrogen (secondary N) is 1. The molecule has 0 heterocycles. The Balaban J connectivity index is 3.65. The molecule has 0 spiro atoms. The zero-order valence-corrected chi connectivity index (χ0v) is 7.82. The Morgan fingerprint density at radius 3 is 2.38 bits per heavy atom. The minimum Gasteiger partial charge on any atom is -0.317 e. The third kappa shape index (κ3) is 7.84. The van der Waals surface area contributed by atoms with Crippen molar-refractivity contribution in [3.05, 3.63) is 12.7 Å². The molecule has 0 bridgehead atoms. The summed E-state index contributed by atoms with van der Waals surface area (Å²) in [5.74, 6) is 0. The molecule has 0 saturated heterocycles. The number of rotatable bonds is 6. The second kappa shape index (κ2) is 6.02. The lowest BCUT2D eigenvalue weighted by Crippen LogP contribution is -2.26. The molecule has 0 aromatic carbocycles. The first kappa shape index (κ1) is 12.5. The van der Waals surface area contributed by atoms with E-state index in [4.69, 9.17) is 0 Å². The van der Waals surface area contributed by atoms with Crippen molar-refractivity contribution in [2.24, 2.45) is 0 Å². The highest BCUT2D eigenvalue weighted by molar-refractivity contribution is 4.73. The average Bonchev–Trinajstić information content (AvgIpc) is 2.03. The standard InChI is InChI=1S/C9H16F3N/c1-3-4-5-8(13-2)6-7-9(10,11)12/h3,8,13H,1,4-7H2,2H3. The smallest absolute Gasteiger partial charge is 0.317 e. The number of allylic oxidation sites excluding steroid dienone is 1. The van der Waals surface area contributed by atoms with Gasteiger partial charge in [0.2, 0.25) is 0 Å². The van der Waals surface area contributed by atoms with Crippen molar-refractivity contribution in [3.63, 3.8) is 0 Å². The molecule has 0 amide bonds. The van der Waals surface area contributed by atoms with Crippen LogP contribution < -0.4 is 5.32 Å². The third-order valence-electron chi connectivity index (χ3n) is 1.90. The fourth-order valence-corrected chi connectivity index (χ4v) is 1.09. The predicted molar refractivity (Wildman–Crippen MR) is 47.6 cm³/mol. The quantitative estimate of drug-likeness (QED) is 0.642. The maximum Gasteiger partial charge on any atom is 0.389 e. The molecule has 0 aliphatic carbocycles. The first-order valence-electron chi connectivity index (χ1n) is 4.34. The maximum atomic E-state index is 11.8. The molecule has 0 saturated carbocycles. The summed E-state index contributed by atoms with van der Waals surface area (Å²) in [6.07, 6.45) is -1.41. The van der Waals surface area contributed by atoms with Crippen LogP contribution in [0, 0.1) is 0 Å². The van der Waals surface area contributed by atoms with E-state index in [0.29, 0.717) is 0 Å². The van der Waals surface area contributed by atoms with Crippen LogP contribution in [-0.2, 0) is 0 Å². The van der Waals surface area contributed by atoms with Gasteiger partial charge in [-0.05, 0) is 26.3 Å². The largest absolute Gasteiger partial charge is 0.389 e. The van der Waals surface area contributed by atoms with Gasteiger partial charge in [-0.3, -0.25) is 0 Å². The molecule has 1 N–H and O–H groups in total. The lowest BCUT2D eigenvalue weighted by atomic mass is 10.1. The van der Waals surface area contributed by atoms with Crippen LogP contribution in [0.2, 0.25) is 0 Å². The number of alkyl halides is 3. The first-order chi connectivity index (χ1) is 5.99. The maximum absolute atomic E-state index is 11.8. The van der Waals surface area contributed by atoms with Gasteiger partial charge in [-0.25, -0.2) is 0 Å². The average molecular weight is 195 g/mol. The lowest BCUT2D eigenvalue weighted by molar-refractivity contribution is -0.136. The van der Waals surface area contributed by atoms with Crippen molar-refractivity contribution in [1.29, 1.82) is 0 Å². The Morgan fingerprint density at radius 1 is 1.38 bits per heavy atom. The second-order valence-corrected chi connectivity index (χ2v) is 3.01. The molecule has 0 aliphatic rings. The highest BCUT2D eigenvalue weighted by Crippen LogP contribution is 2.23. The zero-order valence-electron chi connectivity index (χ0n) is 7.82. The Kier molecular flexibility index (Phi) is 5.79. The van der Waals surface area contributed by atoms with Crippen LogP contribution in [0.25, 0.3) is 0 Å². The highest BCUT2D eigenvalue weighted by Gasteiger charge is 2.27. The summed E-state index contributed by atoms with van der Waals surface area (Å²) in [4.78, 5) is 0. The van der Waals surface area contributed by atoms with E-state index in [2.05, 4.69) is 11.9 Å². The molecule has 13 heavy (non-hydrogen) atoms. The Labute approximate surface area is 77.0 Å². The van der Waals surface area contributed by atoms with Gasteiger partial charge in [-0.15, -0.1) is 6.58 Å². The summed E-state index contributed by atoms with van der Waals surface area (Å²) in [5.41, 5.74) is 0. The molecule has 1 atom stereocenters. The van der Waals surface area contributed by atoms with Crippen LogP contribution in [0.15, 0.2) is 12.7 Å². The van der Waals surface area contributed by atoms with Crippen molar-refractivity contribution in [3.8, 4) is 0 Å². The Hall–Kier alpha value is -0.510. The Morgan fingerprint density at radius 2 is 2.00 bits per heavy atom. The van der Waals surface area contributed by atoms with E-state index in [0.717, 1.165) is 12.8 Å². The molecule has 0 aromatic heterocycles. The van der Waals surface area contributed by atoms with Crippen molar-refractivity contribution in [2.45, 2.75) is 37.9 Å². The molecule has 1 nitrogen and oxygen atoms in total. The lowest BCUT2D eigenvalue weighted by Gasteiger charge is -2.15. The van der Waals surface area contributed by atoms with Crippen molar-refractivity contribution >= 4 is 0 Å². The topological polar surface area (TPSA) is 12.0 Å². The van der Waals surface area contributed by atoms with Crippen molar-refractivity contribution in [2.75, 3.05) is 7.05 Å². The molecule has 0 radical (unpaired) electrons. The van der Waals surface area contributed by atoms with E-state index < -0.39 is 12.6 Å². The van der Waals surface area contributed by atoms with Gasteiger partial charge in [0.05, 0.1) is 0 Å². The van der Waals surface area contributed by atoms with Crippen LogP contribution in [0.4, 0.5) is 13.2 Å². The molecule has 0 rings (SSSR count). The first-order valence-corrected chi connectivity index (χ1v) is 4.34. The van der Waals surface area contributed by atoms with Gasteiger partial charge in [0, 0.05) is 12.5 Å². The van der Waals surface area contributed by atoms with E-state index in [1.54, 1.807) is 13.1 Å². The van der Waals surface area contributed by atoms with Gasteiger partial charge < -0.3 is 5.32 Å². The number of hydrogen-bond acceptors (Lipinski definition) is 1. The SMILES string of the molecule is C=CCCC(CCC(F)(F)F)NC. The fourth-order valence-electron chi connectivity index (χ4n) is 1.09. The van der Waals surface area contributed by atoms with Gasteiger partial charge in [0.15, 0.2) is 0 Å². The van der Waals surface area contributed by atoms with E-state index in [-0.39, 0.29) is 12.5 Å². The van der Waals surface area contributed by atoms with E-state index >= 15 is 0 Å². The van der Waals surface area contributed by atoms with Crippen LogP contribution >= 0.6 is 0 Å². The number of halogens is 3. The van der Waals surface area contributed by atoms with Gasteiger partial charge >= 0.3 is 6.18 Å². The molecule has 0 aromatic rings. The predicted octanol–water partition coefficient (Wildman–Crippen LogP) is 2.88. The van der Waals surface area contributed by atoms with E-state index in [9.17, 15) is 13.2 Å². The monoisotopic (exact) mass is 195 g/mol. The van der Waals surface area contributed by atoms with Crippen molar-refractivity contribution in [1.82, 2.24) is 5.32 Å². The van der Waals surface area contributed by atoms with Crippen LogP contribution in [0.5, 0.6) is 0 Å². The minimum absolute atomic E-state index is 0.0559. The van der Waals surface area contributed by atoms with Gasteiger partial charge in [0.1, 0.15) is 0 Å². The molecule has 4 heteroatoms. The summed E-state index contributed by atoms with van der Waals surface area (Å²) in [6.45, 7) is 3.53. The zero-order chi connectivity index (χ0) is 10.3. The minimum atomic E-state index is -4.04. The molecule has 78 valence electrons. The van der Waals surface area contributed by atoms with Crippen LogP contribution in [0.1, 0.15) is 25.7 Å². The van der Waals surface area contributed by atoms with E-state index in [1.807, 2.05) is 0 Å². The normalized spacial score (nSPS) is 14.2. The second-order valence-electron chi connectivity index (χ2n) is 3.01. The summed E-state index contributed by atoms with van der Waals surface area (Å²) >= 11 is 0.